The van der Waals surface area contributed by atoms with Gasteiger partial charge in [-0.3, -0.25) is 4.79 Å². The zero-order valence-electron chi connectivity index (χ0n) is 17.2. The summed E-state index contributed by atoms with van der Waals surface area (Å²) in [6, 6.07) is 11.1. The second kappa shape index (κ2) is 8.31. The molecule has 0 spiro atoms. The third kappa shape index (κ3) is 3.95. The molecule has 3 heterocycles. The Balaban J connectivity index is 1.39. The van der Waals surface area contributed by atoms with Gasteiger partial charge in [0, 0.05) is 23.5 Å². The Kier molecular flexibility index (Phi) is 5.42. The van der Waals surface area contributed by atoms with Gasteiger partial charge in [0.2, 0.25) is 0 Å². The van der Waals surface area contributed by atoms with Crippen molar-refractivity contribution < 1.29 is 13.2 Å². The Labute approximate surface area is 201 Å². The summed E-state index contributed by atoms with van der Waals surface area (Å²) >= 11 is 6.57. The number of carbonyl (C=O) groups excluding carboxylic acids is 1. The number of anilines is 2. The first kappa shape index (κ1) is 22.2. The number of amides is 2. The maximum absolute atomic E-state index is 13.1. The number of hydrogen-bond acceptors (Lipinski definition) is 7. The molecule has 4 N–H and O–H groups in total. The third-order valence-corrected chi connectivity index (χ3v) is 8.35. The fourth-order valence-corrected chi connectivity index (χ4v) is 6.18. The number of carbonyl (C=O) groups is 1. The zero-order chi connectivity index (χ0) is 24.0. The second-order valence-electron chi connectivity index (χ2n) is 7.43. The number of rotatable bonds is 4. The summed E-state index contributed by atoms with van der Waals surface area (Å²) in [5, 5.41) is 6.00. The molecule has 5 rings (SSSR count). The van der Waals surface area contributed by atoms with Crippen LogP contribution in [-0.4, -0.2) is 30.5 Å². The van der Waals surface area contributed by atoms with Crippen molar-refractivity contribution in [2.45, 2.75) is 10.6 Å². The summed E-state index contributed by atoms with van der Waals surface area (Å²) in [5.74, 6) is 0. The number of benzene rings is 2. The highest BCUT2D eigenvalue weighted by molar-refractivity contribution is 7.92. The number of nitrogens with one attached hydrogen (secondary N) is 4. The average molecular weight is 518 g/mol. The van der Waals surface area contributed by atoms with Crippen LogP contribution in [0.3, 0.4) is 0 Å². The Morgan fingerprint density at radius 2 is 1.82 bits per heavy atom. The summed E-state index contributed by atoms with van der Waals surface area (Å²) < 4.78 is 27.6. The summed E-state index contributed by atoms with van der Waals surface area (Å²) in [7, 11) is -4.07. The molecule has 34 heavy (non-hydrogen) atoms. The van der Waals surface area contributed by atoms with E-state index in [0.29, 0.717) is 23.0 Å². The van der Waals surface area contributed by atoms with Gasteiger partial charge in [-0.15, -0.1) is 11.3 Å². The van der Waals surface area contributed by atoms with Crippen LogP contribution in [0.15, 0.2) is 62.3 Å². The quantitative estimate of drug-likeness (QED) is 0.328. The molecule has 0 saturated heterocycles. The van der Waals surface area contributed by atoms with E-state index >= 15 is 0 Å². The standard InChI is InChI=1S/C21H16ClN5O5S2/c22-16-7-8-17(33-16)34(31,32)26-20(29)24-11-1-3-12(4-2-11)27-19(28)14-5-6-15-13(9-10-23-15)18(14)25-21(27)30/h1-8,23H,9-10H2,(H,25,30)(H2,24,26,29). The molecule has 10 nitrogen and oxygen atoms in total. The smallest absolute Gasteiger partial charge is 0.333 e. The lowest BCUT2D eigenvalue weighted by Crippen LogP contribution is -2.34. The van der Waals surface area contributed by atoms with Crippen molar-refractivity contribution in [1.82, 2.24) is 14.3 Å². The molecule has 0 saturated carbocycles. The number of aromatic nitrogens is 2. The van der Waals surface area contributed by atoms with E-state index in [1.54, 1.807) is 6.07 Å². The first-order valence-electron chi connectivity index (χ1n) is 9.97. The number of hydrogen-bond donors (Lipinski definition) is 4. The number of sulfonamides is 1. The summed E-state index contributed by atoms with van der Waals surface area (Å²) in [6.07, 6.45) is 0.712. The van der Waals surface area contributed by atoms with Crippen molar-refractivity contribution in [2.75, 3.05) is 17.2 Å². The number of nitrogens with zero attached hydrogens (tertiary/aromatic N) is 1. The van der Waals surface area contributed by atoms with E-state index < -0.39 is 27.3 Å². The Hall–Kier alpha value is -3.61. The van der Waals surface area contributed by atoms with E-state index in [1.807, 2.05) is 10.8 Å². The number of fused-ring (bicyclic) bond motifs is 3. The van der Waals surface area contributed by atoms with E-state index in [4.69, 9.17) is 11.6 Å². The Bertz CT molecular complexity index is 1670. The monoisotopic (exact) mass is 517 g/mol. The van der Waals surface area contributed by atoms with Gasteiger partial charge < -0.3 is 15.6 Å². The van der Waals surface area contributed by atoms with Crippen LogP contribution in [0.4, 0.5) is 16.2 Å². The van der Waals surface area contributed by atoms with E-state index in [0.717, 1.165) is 33.7 Å². The van der Waals surface area contributed by atoms with Crippen LogP contribution in [-0.2, 0) is 16.4 Å². The molecule has 13 heteroatoms. The number of thiophene rings is 1. The molecule has 2 aromatic heterocycles. The molecule has 0 fully saturated rings. The highest BCUT2D eigenvalue weighted by atomic mass is 35.5. The molecule has 0 aliphatic carbocycles. The molecule has 0 radical (unpaired) electrons. The first-order valence-corrected chi connectivity index (χ1v) is 12.6. The first-order chi connectivity index (χ1) is 16.2. The van der Waals surface area contributed by atoms with E-state index in [9.17, 15) is 22.8 Å². The van der Waals surface area contributed by atoms with Crippen LogP contribution in [0.1, 0.15) is 5.56 Å². The average Bonchev–Trinajstić information content (AvgIpc) is 3.44. The second-order valence-corrected chi connectivity index (χ2v) is 11.1. The number of urea groups is 1. The minimum absolute atomic E-state index is 0.0978. The van der Waals surface area contributed by atoms with Crippen molar-refractivity contribution in [1.29, 1.82) is 0 Å². The van der Waals surface area contributed by atoms with Gasteiger partial charge in [-0.25, -0.2) is 27.3 Å². The van der Waals surface area contributed by atoms with Gasteiger partial charge in [0.05, 0.1) is 20.9 Å². The lowest BCUT2D eigenvalue weighted by molar-refractivity contribution is 0.256. The van der Waals surface area contributed by atoms with Crippen molar-refractivity contribution in [3.8, 4) is 5.69 Å². The highest BCUT2D eigenvalue weighted by Gasteiger charge is 2.20. The van der Waals surface area contributed by atoms with Gasteiger partial charge in [-0.05, 0) is 55.0 Å². The van der Waals surface area contributed by atoms with Gasteiger partial charge in [0.25, 0.3) is 15.6 Å². The van der Waals surface area contributed by atoms with Crippen molar-refractivity contribution in [2.24, 2.45) is 0 Å². The molecule has 0 atom stereocenters. The minimum Gasteiger partial charge on any atom is -0.384 e. The molecule has 1 aliphatic heterocycles. The number of aromatic amines is 1. The van der Waals surface area contributed by atoms with E-state index in [2.05, 4.69) is 15.6 Å². The maximum Gasteiger partial charge on any atom is 0.333 e. The number of halogens is 1. The SMILES string of the molecule is O=C(Nc1ccc(-n2c(=O)[nH]c3c4c(ccc3c2=O)NCC4)cc1)NS(=O)(=O)c1ccc(Cl)s1. The normalized spacial score (nSPS) is 12.9. The molecular formula is C21H16ClN5O5S2. The van der Waals surface area contributed by atoms with Crippen LogP contribution in [0, 0.1) is 0 Å². The van der Waals surface area contributed by atoms with Crippen molar-refractivity contribution in [3.63, 3.8) is 0 Å². The maximum atomic E-state index is 13.1. The topological polar surface area (TPSA) is 142 Å². The third-order valence-electron chi connectivity index (χ3n) is 5.30. The predicted molar refractivity (Wildman–Crippen MR) is 131 cm³/mol. The van der Waals surface area contributed by atoms with Crippen molar-refractivity contribution in [3.05, 3.63) is 79.3 Å². The van der Waals surface area contributed by atoms with Crippen molar-refractivity contribution >= 4 is 61.3 Å². The molecule has 0 bridgehead atoms. The largest absolute Gasteiger partial charge is 0.384 e. The lowest BCUT2D eigenvalue weighted by atomic mass is 10.1. The van der Waals surface area contributed by atoms with Crippen LogP contribution < -0.4 is 26.6 Å². The van der Waals surface area contributed by atoms with Gasteiger partial charge in [0.15, 0.2) is 0 Å². The minimum atomic E-state index is -4.07. The zero-order valence-corrected chi connectivity index (χ0v) is 19.6. The highest BCUT2D eigenvalue weighted by Crippen LogP contribution is 2.27. The Morgan fingerprint density at radius 3 is 2.53 bits per heavy atom. The molecule has 2 amide bonds. The molecule has 0 unspecified atom stereocenters. The number of H-pyrrole nitrogens is 1. The predicted octanol–water partition coefficient (Wildman–Crippen LogP) is 2.87. The van der Waals surface area contributed by atoms with Crippen LogP contribution in [0.25, 0.3) is 16.6 Å². The Morgan fingerprint density at radius 1 is 1.06 bits per heavy atom. The fraction of sp³-hybridized carbons (Fsp3) is 0.0952. The van der Waals surface area contributed by atoms with Gasteiger partial charge in [-0.2, -0.15) is 0 Å². The molecule has 174 valence electrons. The van der Waals surface area contributed by atoms with Crippen LogP contribution in [0.2, 0.25) is 4.34 Å². The molecule has 4 aromatic rings. The van der Waals surface area contributed by atoms with E-state index in [1.165, 1.54) is 36.4 Å². The van der Waals surface area contributed by atoms with Gasteiger partial charge in [0.1, 0.15) is 4.21 Å². The summed E-state index contributed by atoms with van der Waals surface area (Å²) in [6.45, 7) is 0.740. The molecular weight excluding hydrogens is 502 g/mol. The fourth-order valence-electron chi connectivity index (χ4n) is 3.79. The summed E-state index contributed by atoms with van der Waals surface area (Å²) in [4.78, 5) is 40.8. The lowest BCUT2D eigenvalue weighted by Gasteiger charge is -2.11. The van der Waals surface area contributed by atoms with Crippen LogP contribution in [0.5, 0.6) is 0 Å². The molecule has 1 aliphatic rings. The van der Waals surface area contributed by atoms with Crippen LogP contribution >= 0.6 is 22.9 Å². The summed E-state index contributed by atoms with van der Waals surface area (Å²) in [5.41, 5.74) is 1.83. The van der Waals surface area contributed by atoms with E-state index in [-0.39, 0.29) is 14.2 Å². The van der Waals surface area contributed by atoms with Gasteiger partial charge >= 0.3 is 11.7 Å². The van der Waals surface area contributed by atoms with Gasteiger partial charge in [-0.1, -0.05) is 11.6 Å². The molecule has 2 aromatic carbocycles.